The first-order valence-corrected chi connectivity index (χ1v) is 8.06. The van der Waals surface area contributed by atoms with E-state index in [0.717, 1.165) is 43.2 Å². The van der Waals surface area contributed by atoms with Gasteiger partial charge in [0.1, 0.15) is 11.6 Å². The minimum absolute atomic E-state index is 0.119. The molecule has 21 heavy (non-hydrogen) atoms. The molecule has 0 aliphatic carbocycles. The van der Waals surface area contributed by atoms with Gasteiger partial charge in [-0.25, -0.2) is 8.78 Å². The average Bonchev–Trinajstić information content (AvgIpc) is 3.02. The molecule has 1 atom stereocenters. The molecule has 1 aliphatic rings. The molecule has 2 nitrogen and oxygen atoms in total. The normalized spacial score (nSPS) is 17.9. The Morgan fingerprint density at radius 1 is 1.14 bits per heavy atom. The van der Waals surface area contributed by atoms with Crippen LogP contribution >= 0.6 is 22.9 Å². The van der Waals surface area contributed by atoms with Crippen LogP contribution < -0.4 is 5.32 Å². The second-order valence-electron chi connectivity index (χ2n) is 4.96. The number of piperazine rings is 1. The van der Waals surface area contributed by atoms with Crippen LogP contribution in [-0.4, -0.2) is 31.1 Å². The van der Waals surface area contributed by atoms with E-state index in [0.29, 0.717) is 0 Å². The fourth-order valence-corrected chi connectivity index (χ4v) is 3.81. The second kappa shape index (κ2) is 6.40. The SMILES string of the molecule is Fc1ccc(F)c([C@H](c2cccs2)N2CCNCC2)c1Cl. The third-order valence-electron chi connectivity index (χ3n) is 3.68. The van der Waals surface area contributed by atoms with Gasteiger partial charge in [0.05, 0.1) is 11.1 Å². The number of rotatable bonds is 3. The summed E-state index contributed by atoms with van der Waals surface area (Å²) >= 11 is 7.61. The molecule has 0 saturated carbocycles. The van der Waals surface area contributed by atoms with Gasteiger partial charge < -0.3 is 5.32 Å². The van der Waals surface area contributed by atoms with Crippen LogP contribution in [0.5, 0.6) is 0 Å². The van der Waals surface area contributed by atoms with Crippen molar-refractivity contribution in [3.05, 3.63) is 56.7 Å². The Morgan fingerprint density at radius 3 is 2.52 bits per heavy atom. The molecule has 2 heterocycles. The van der Waals surface area contributed by atoms with Crippen LogP contribution in [0.1, 0.15) is 16.5 Å². The van der Waals surface area contributed by atoms with Crippen molar-refractivity contribution in [3.63, 3.8) is 0 Å². The Bertz CT molecular complexity index is 612. The second-order valence-corrected chi connectivity index (χ2v) is 6.32. The maximum Gasteiger partial charge on any atom is 0.142 e. The fraction of sp³-hybridized carbons (Fsp3) is 0.333. The van der Waals surface area contributed by atoms with E-state index < -0.39 is 11.6 Å². The summed E-state index contributed by atoms with van der Waals surface area (Å²) in [5.74, 6) is -1.04. The van der Waals surface area contributed by atoms with Crippen LogP contribution in [0, 0.1) is 11.6 Å². The van der Waals surface area contributed by atoms with E-state index in [1.54, 1.807) is 0 Å². The quantitative estimate of drug-likeness (QED) is 0.865. The maximum atomic E-state index is 14.3. The number of nitrogens with one attached hydrogen (secondary N) is 1. The van der Waals surface area contributed by atoms with Gasteiger partial charge in [-0.3, -0.25) is 4.90 Å². The highest BCUT2D eigenvalue weighted by molar-refractivity contribution is 7.10. The predicted molar refractivity (Wildman–Crippen MR) is 82.0 cm³/mol. The Labute approximate surface area is 131 Å². The van der Waals surface area contributed by atoms with Crippen molar-refractivity contribution in [1.82, 2.24) is 10.2 Å². The van der Waals surface area contributed by atoms with Gasteiger partial charge in [0.2, 0.25) is 0 Å². The van der Waals surface area contributed by atoms with E-state index in [-0.39, 0.29) is 16.6 Å². The van der Waals surface area contributed by atoms with Crippen LogP contribution in [-0.2, 0) is 0 Å². The molecular weight excluding hydrogens is 314 g/mol. The maximum absolute atomic E-state index is 14.3. The van der Waals surface area contributed by atoms with Crippen molar-refractivity contribution in [2.45, 2.75) is 6.04 Å². The van der Waals surface area contributed by atoms with Crippen LogP contribution in [0.15, 0.2) is 29.6 Å². The molecule has 0 unspecified atom stereocenters. The lowest BCUT2D eigenvalue weighted by Gasteiger charge is -2.35. The van der Waals surface area contributed by atoms with Gasteiger partial charge in [-0.1, -0.05) is 17.7 Å². The zero-order valence-electron chi connectivity index (χ0n) is 11.3. The van der Waals surface area contributed by atoms with Gasteiger partial charge in [0.15, 0.2) is 0 Å². The van der Waals surface area contributed by atoms with Crippen LogP contribution in [0.25, 0.3) is 0 Å². The van der Waals surface area contributed by atoms with E-state index >= 15 is 0 Å². The molecule has 0 radical (unpaired) electrons. The molecule has 3 rings (SSSR count). The summed E-state index contributed by atoms with van der Waals surface area (Å²) in [5.41, 5.74) is 0.237. The molecule has 6 heteroatoms. The molecule has 1 aromatic heterocycles. The number of hydrogen-bond donors (Lipinski definition) is 1. The lowest BCUT2D eigenvalue weighted by Crippen LogP contribution is -2.45. The van der Waals surface area contributed by atoms with E-state index in [1.807, 2.05) is 17.5 Å². The van der Waals surface area contributed by atoms with Crippen molar-refractivity contribution in [2.75, 3.05) is 26.2 Å². The molecule has 0 amide bonds. The Morgan fingerprint density at radius 2 is 1.86 bits per heavy atom. The summed E-state index contributed by atoms with van der Waals surface area (Å²) in [6, 6.07) is 5.75. The summed E-state index contributed by atoms with van der Waals surface area (Å²) in [6.07, 6.45) is 0. The molecule has 1 fully saturated rings. The topological polar surface area (TPSA) is 15.3 Å². The zero-order valence-corrected chi connectivity index (χ0v) is 12.9. The summed E-state index contributed by atoms with van der Waals surface area (Å²) in [6.45, 7) is 3.20. The molecule has 1 aromatic carbocycles. The van der Waals surface area contributed by atoms with Crippen molar-refractivity contribution in [1.29, 1.82) is 0 Å². The van der Waals surface area contributed by atoms with Gasteiger partial charge in [0, 0.05) is 36.6 Å². The summed E-state index contributed by atoms with van der Waals surface area (Å²) < 4.78 is 28.1. The molecule has 1 aliphatic heterocycles. The monoisotopic (exact) mass is 328 g/mol. The minimum atomic E-state index is -0.579. The average molecular weight is 329 g/mol. The van der Waals surface area contributed by atoms with E-state index in [9.17, 15) is 8.78 Å². The smallest absolute Gasteiger partial charge is 0.142 e. The summed E-state index contributed by atoms with van der Waals surface area (Å²) in [5, 5.41) is 5.09. The van der Waals surface area contributed by atoms with Gasteiger partial charge >= 0.3 is 0 Å². The number of nitrogens with zero attached hydrogens (tertiary/aromatic N) is 1. The molecule has 1 N–H and O–H groups in total. The highest BCUT2D eigenvalue weighted by Crippen LogP contribution is 2.38. The Kier molecular flexibility index (Phi) is 4.54. The molecule has 1 saturated heterocycles. The summed E-state index contributed by atoms with van der Waals surface area (Å²) in [7, 11) is 0. The van der Waals surface area contributed by atoms with Gasteiger partial charge in [0.25, 0.3) is 0 Å². The first-order chi connectivity index (χ1) is 10.2. The first-order valence-electron chi connectivity index (χ1n) is 6.80. The molecule has 0 spiro atoms. The first kappa shape index (κ1) is 14.9. The zero-order chi connectivity index (χ0) is 14.8. The van der Waals surface area contributed by atoms with Gasteiger partial charge in [-0.05, 0) is 23.6 Å². The van der Waals surface area contributed by atoms with Crippen molar-refractivity contribution < 1.29 is 8.78 Å². The molecule has 112 valence electrons. The molecule has 2 aromatic rings. The van der Waals surface area contributed by atoms with Crippen molar-refractivity contribution >= 4 is 22.9 Å². The lowest BCUT2D eigenvalue weighted by atomic mass is 10.0. The minimum Gasteiger partial charge on any atom is -0.314 e. The number of halogens is 3. The Balaban J connectivity index is 2.09. The molecule has 0 bridgehead atoms. The van der Waals surface area contributed by atoms with E-state index in [4.69, 9.17) is 11.6 Å². The number of hydrogen-bond acceptors (Lipinski definition) is 3. The fourth-order valence-electron chi connectivity index (χ4n) is 2.69. The number of benzene rings is 1. The highest BCUT2D eigenvalue weighted by Gasteiger charge is 2.30. The predicted octanol–water partition coefficient (Wildman–Crippen LogP) is 3.67. The van der Waals surface area contributed by atoms with Crippen molar-refractivity contribution in [3.8, 4) is 0 Å². The third-order valence-corrected chi connectivity index (χ3v) is 4.99. The number of thiophene rings is 1. The third kappa shape index (κ3) is 2.97. The largest absolute Gasteiger partial charge is 0.314 e. The van der Waals surface area contributed by atoms with Crippen molar-refractivity contribution in [2.24, 2.45) is 0 Å². The standard InChI is InChI=1S/C15H15ClF2N2S/c16-14-11(18)4-3-10(17)13(14)15(12-2-1-9-21-12)20-7-5-19-6-8-20/h1-4,9,15,19H,5-8H2/t15-/m0/s1. The van der Waals surface area contributed by atoms with Crippen LogP contribution in [0.3, 0.4) is 0 Å². The van der Waals surface area contributed by atoms with Crippen LogP contribution in [0.4, 0.5) is 8.78 Å². The van der Waals surface area contributed by atoms with Gasteiger partial charge in [-0.2, -0.15) is 0 Å². The summed E-state index contributed by atoms with van der Waals surface area (Å²) in [4.78, 5) is 3.12. The van der Waals surface area contributed by atoms with E-state index in [1.165, 1.54) is 11.3 Å². The molecular formula is C15H15ClF2N2S. The lowest BCUT2D eigenvalue weighted by molar-refractivity contribution is 0.197. The Hall–Kier alpha value is -1.01. The van der Waals surface area contributed by atoms with Gasteiger partial charge in [-0.15, -0.1) is 11.3 Å². The highest BCUT2D eigenvalue weighted by atomic mass is 35.5. The van der Waals surface area contributed by atoms with E-state index in [2.05, 4.69) is 10.2 Å². The van der Waals surface area contributed by atoms with Crippen LogP contribution in [0.2, 0.25) is 5.02 Å².